The predicted octanol–water partition coefficient (Wildman–Crippen LogP) is 2.53. The maximum Gasteiger partial charge on any atom is 0.248 e. The van der Waals surface area contributed by atoms with Crippen molar-refractivity contribution in [2.75, 3.05) is 31.1 Å². The largest absolute Gasteiger partial charge is 0.369 e. The van der Waals surface area contributed by atoms with Crippen LogP contribution in [-0.2, 0) is 6.54 Å². The fourth-order valence-electron chi connectivity index (χ4n) is 2.93. The first kappa shape index (κ1) is 17.3. The number of anilines is 1. The molecule has 0 aliphatic carbocycles. The van der Waals surface area contributed by atoms with Gasteiger partial charge in [0.15, 0.2) is 11.6 Å². The van der Waals surface area contributed by atoms with Crippen LogP contribution in [0.25, 0.3) is 0 Å². The molecule has 0 radical (unpaired) electrons. The van der Waals surface area contributed by atoms with Crippen LogP contribution in [0, 0.1) is 17.5 Å². The normalized spacial score (nSPS) is 15.4. The lowest BCUT2D eigenvalue weighted by molar-refractivity contribution is 0.100. The van der Waals surface area contributed by atoms with E-state index in [4.69, 9.17) is 5.73 Å². The standard InChI is InChI=1S/C18H18F3N3O/c19-15-10-17(21)16(20)9-13(15)11-23-5-7-24(8-6-23)14-3-1-12(2-4-14)18(22)25/h1-4,9-10H,5-8,11H2,(H2,22,25). The Morgan fingerprint density at radius 1 is 0.920 bits per heavy atom. The molecule has 0 aromatic heterocycles. The van der Waals surface area contributed by atoms with Gasteiger partial charge in [-0.3, -0.25) is 9.69 Å². The summed E-state index contributed by atoms with van der Waals surface area (Å²) in [6.07, 6.45) is 0. The summed E-state index contributed by atoms with van der Waals surface area (Å²) < 4.78 is 40.0. The van der Waals surface area contributed by atoms with Gasteiger partial charge in [0.1, 0.15) is 5.82 Å². The third-order valence-electron chi connectivity index (χ3n) is 4.37. The molecule has 0 unspecified atom stereocenters. The number of nitrogens with two attached hydrogens (primary N) is 1. The Balaban J connectivity index is 1.60. The van der Waals surface area contributed by atoms with Crippen LogP contribution in [0.3, 0.4) is 0 Å². The zero-order valence-corrected chi connectivity index (χ0v) is 13.5. The van der Waals surface area contributed by atoms with Crippen molar-refractivity contribution >= 4 is 11.6 Å². The number of carbonyl (C=O) groups is 1. The molecule has 7 heteroatoms. The summed E-state index contributed by atoms with van der Waals surface area (Å²) >= 11 is 0. The van der Waals surface area contributed by atoms with Crippen LogP contribution >= 0.6 is 0 Å². The van der Waals surface area contributed by atoms with Crippen molar-refractivity contribution in [1.82, 2.24) is 4.90 Å². The molecule has 25 heavy (non-hydrogen) atoms. The lowest BCUT2D eigenvalue weighted by atomic mass is 10.1. The van der Waals surface area contributed by atoms with Gasteiger partial charge in [-0.15, -0.1) is 0 Å². The topological polar surface area (TPSA) is 49.6 Å². The van der Waals surface area contributed by atoms with Gasteiger partial charge in [-0.25, -0.2) is 13.2 Å². The fraction of sp³-hybridized carbons (Fsp3) is 0.278. The first-order valence-corrected chi connectivity index (χ1v) is 7.94. The molecular weight excluding hydrogens is 331 g/mol. The minimum absolute atomic E-state index is 0.151. The Labute approximate surface area is 143 Å². The van der Waals surface area contributed by atoms with E-state index in [0.717, 1.165) is 11.8 Å². The second-order valence-corrected chi connectivity index (χ2v) is 6.03. The van der Waals surface area contributed by atoms with Crippen LogP contribution in [-0.4, -0.2) is 37.0 Å². The molecule has 4 nitrogen and oxygen atoms in total. The molecule has 2 aromatic carbocycles. The van der Waals surface area contributed by atoms with Crippen LogP contribution < -0.4 is 10.6 Å². The highest BCUT2D eigenvalue weighted by atomic mass is 19.2. The molecule has 2 aromatic rings. The lowest BCUT2D eigenvalue weighted by Crippen LogP contribution is -2.46. The summed E-state index contributed by atoms with van der Waals surface area (Å²) in [5.41, 5.74) is 6.81. The van der Waals surface area contributed by atoms with E-state index in [0.29, 0.717) is 37.8 Å². The number of rotatable bonds is 4. The van der Waals surface area contributed by atoms with Crippen molar-refractivity contribution in [3.63, 3.8) is 0 Å². The van der Waals surface area contributed by atoms with E-state index in [1.807, 2.05) is 17.0 Å². The predicted molar refractivity (Wildman–Crippen MR) is 88.8 cm³/mol. The quantitative estimate of drug-likeness (QED) is 0.863. The number of piperazine rings is 1. The van der Waals surface area contributed by atoms with Gasteiger partial charge < -0.3 is 10.6 Å². The average molecular weight is 349 g/mol. The number of primary amides is 1. The van der Waals surface area contributed by atoms with E-state index >= 15 is 0 Å². The molecule has 0 spiro atoms. The molecule has 2 N–H and O–H groups in total. The number of carbonyl (C=O) groups excluding carboxylic acids is 1. The number of hydrogen-bond donors (Lipinski definition) is 1. The maximum absolute atomic E-state index is 13.7. The summed E-state index contributed by atoms with van der Waals surface area (Å²) in [5.74, 6) is -3.41. The molecule has 0 atom stereocenters. The van der Waals surface area contributed by atoms with Crippen LogP contribution in [0.1, 0.15) is 15.9 Å². The Morgan fingerprint density at radius 2 is 1.52 bits per heavy atom. The second-order valence-electron chi connectivity index (χ2n) is 6.03. The monoisotopic (exact) mass is 349 g/mol. The van der Waals surface area contributed by atoms with Crippen LogP contribution in [0.4, 0.5) is 18.9 Å². The zero-order valence-electron chi connectivity index (χ0n) is 13.5. The summed E-state index contributed by atoms with van der Waals surface area (Å²) in [7, 11) is 0. The first-order valence-electron chi connectivity index (χ1n) is 7.94. The van der Waals surface area contributed by atoms with Crippen molar-refractivity contribution in [2.45, 2.75) is 6.54 Å². The molecule has 1 saturated heterocycles. The summed E-state index contributed by atoms with van der Waals surface area (Å²) in [6.45, 7) is 2.98. The van der Waals surface area contributed by atoms with Gasteiger partial charge >= 0.3 is 0 Å². The number of amides is 1. The Kier molecular flexibility index (Phi) is 4.94. The van der Waals surface area contributed by atoms with Gasteiger partial charge in [-0.05, 0) is 30.3 Å². The lowest BCUT2D eigenvalue weighted by Gasteiger charge is -2.36. The fourth-order valence-corrected chi connectivity index (χ4v) is 2.93. The van der Waals surface area contributed by atoms with Crippen LogP contribution in [0.2, 0.25) is 0 Å². The van der Waals surface area contributed by atoms with Crippen molar-refractivity contribution in [1.29, 1.82) is 0 Å². The van der Waals surface area contributed by atoms with E-state index in [1.54, 1.807) is 12.1 Å². The Morgan fingerprint density at radius 3 is 2.12 bits per heavy atom. The highest BCUT2D eigenvalue weighted by Gasteiger charge is 2.19. The second kappa shape index (κ2) is 7.14. The number of hydrogen-bond acceptors (Lipinski definition) is 3. The van der Waals surface area contributed by atoms with Crippen LogP contribution in [0.15, 0.2) is 36.4 Å². The molecule has 132 valence electrons. The minimum Gasteiger partial charge on any atom is -0.369 e. The van der Waals surface area contributed by atoms with Crippen molar-refractivity contribution in [3.8, 4) is 0 Å². The van der Waals surface area contributed by atoms with E-state index in [2.05, 4.69) is 4.90 Å². The van der Waals surface area contributed by atoms with E-state index in [9.17, 15) is 18.0 Å². The van der Waals surface area contributed by atoms with Gasteiger partial charge in [0.05, 0.1) is 0 Å². The highest BCUT2D eigenvalue weighted by Crippen LogP contribution is 2.20. The smallest absolute Gasteiger partial charge is 0.248 e. The van der Waals surface area contributed by atoms with Gasteiger partial charge in [0.2, 0.25) is 5.91 Å². The number of nitrogens with zero attached hydrogens (tertiary/aromatic N) is 2. The van der Waals surface area contributed by atoms with E-state index < -0.39 is 23.4 Å². The van der Waals surface area contributed by atoms with Crippen molar-refractivity contribution in [3.05, 3.63) is 65.0 Å². The average Bonchev–Trinajstić information content (AvgIpc) is 2.60. The summed E-state index contributed by atoms with van der Waals surface area (Å²) in [6, 6.07) is 8.54. The maximum atomic E-state index is 13.7. The molecule has 1 fully saturated rings. The molecule has 1 aliphatic rings. The molecule has 1 amide bonds. The van der Waals surface area contributed by atoms with E-state index in [1.165, 1.54) is 0 Å². The highest BCUT2D eigenvalue weighted by molar-refractivity contribution is 5.93. The Hall–Kier alpha value is -2.54. The van der Waals surface area contributed by atoms with E-state index in [-0.39, 0.29) is 12.1 Å². The molecule has 3 rings (SSSR count). The Bertz CT molecular complexity index is 772. The molecular formula is C18H18F3N3O. The first-order chi connectivity index (χ1) is 11.9. The number of halogens is 3. The zero-order chi connectivity index (χ0) is 18.0. The molecule has 0 bridgehead atoms. The van der Waals surface area contributed by atoms with Crippen LogP contribution in [0.5, 0.6) is 0 Å². The molecule has 1 heterocycles. The van der Waals surface area contributed by atoms with Gasteiger partial charge in [0.25, 0.3) is 0 Å². The van der Waals surface area contributed by atoms with Gasteiger partial charge in [-0.2, -0.15) is 0 Å². The number of benzene rings is 2. The SMILES string of the molecule is NC(=O)c1ccc(N2CCN(Cc3cc(F)c(F)cc3F)CC2)cc1. The summed E-state index contributed by atoms with van der Waals surface area (Å²) in [4.78, 5) is 15.2. The van der Waals surface area contributed by atoms with Gasteiger partial charge in [-0.1, -0.05) is 0 Å². The minimum atomic E-state index is -1.18. The summed E-state index contributed by atoms with van der Waals surface area (Å²) in [5, 5.41) is 0. The molecule has 1 aliphatic heterocycles. The van der Waals surface area contributed by atoms with Gasteiger partial charge in [0, 0.05) is 55.6 Å². The van der Waals surface area contributed by atoms with Crippen molar-refractivity contribution in [2.24, 2.45) is 5.73 Å². The third kappa shape index (κ3) is 3.93. The van der Waals surface area contributed by atoms with Crippen molar-refractivity contribution < 1.29 is 18.0 Å². The molecule has 0 saturated carbocycles. The third-order valence-corrected chi connectivity index (χ3v) is 4.37.